The second-order valence-corrected chi connectivity index (χ2v) is 8.01. The van der Waals surface area contributed by atoms with Gasteiger partial charge in [-0.1, -0.05) is 19.4 Å². The number of hydrogen-bond acceptors (Lipinski definition) is 5. The molecule has 0 radical (unpaired) electrons. The summed E-state index contributed by atoms with van der Waals surface area (Å²) >= 11 is 0. The quantitative estimate of drug-likeness (QED) is 0.381. The third-order valence-corrected chi connectivity index (χ3v) is 6.51. The number of carbonyl (C=O) groups excluding carboxylic acids is 1. The van der Waals surface area contributed by atoms with Crippen LogP contribution in [0.5, 0.6) is 0 Å². The molecule has 0 spiro atoms. The molecule has 126 valence electrons. The molecule has 1 heterocycles. The molecule has 0 bridgehead atoms. The molecule has 0 amide bonds. The predicted octanol–water partition coefficient (Wildman–Crippen LogP) is 4.07. The van der Waals surface area contributed by atoms with Gasteiger partial charge in [0.05, 0.1) is 24.8 Å². The van der Waals surface area contributed by atoms with Gasteiger partial charge < -0.3 is 13.8 Å². The van der Waals surface area contributed by atoms with E-state index in [2.05, 4.69) is 13.0 Å². The Hall–Kier alpha value is -0.640. The average molecular weight is 330 g/mol. The summed E-state index contributed by atoms with van der Waals surface area (Å²) in [4.78, 5) is 12.5. The first-order valence-corrected chi connectivity index (χ1v) is 10.0. The molecule has 0 N–H and O–H groups in total. The van der Waals surface area contributed by atoms with E-state index in [4.69, 9.17) is 13.8 Å². The summed E-state index contributed by atoms with van der Waals surface area (Å²) in [5, 5.41) is 0. The molecular formula is C16H27O5P. The molecule has 1 unspecified atom stereocenters. The van der Waals surface area contributed by atoms with Gasteiger partial charge in [0.2, 0.25) is 0 Å². The van der Waals surface area contributed by atoms with E-state index in [1.807, 2.05) is 0 Å². The molecule has 22 heavy (non-hydrogen) atoms. The van der Waals surface area contributed by atoms with Crippen LogP contribution in [0.15, 0.2) is 11.6 Å². The lowest BCUT2D eigenvalue weighted by Gasteiger charge is -2.30. The fourth-order valence-electron chi connectivity index (χ4n) is 3.64. The lowest BCUT2D eigenvalue weighted by Crippen LogP contribution is -2.30. The van der Waals surface area contributed by atoms with Gasteiger partial charge in [-0.3, -0.25) is 9.36 Å². The van der Waals surface area contributed by atoms with Crippen molar-refractivity contribution >= 4 is 13.6 Å². The van der Waals surface area contributed by atoms with Crippen LogP contribution < -0.4 is 0 Å². The van der Waals surface area contributed by atoms with Crippen molar-refractivity contribution in [2.45, 2.75) is 59.0 Å². The van der Waals surface area contributed by atoms with Crippen molar-refractivity contribution in [3.8, 4) is 0 Å². The highest BCUT2D eigenvalue weighted by molar-refractivity contribution is 7.53. The number of esters is 1. The Morgan fingerprint density at radius 1 is 1.32 bits per heavy atom. The molecule has 0 aromatic carbocycles. The average Bonchev–Trinajstić information content (AvgIpc) is 2.72. The topological polar surface area (TPSA) is 61.8 Å². The van der Waals surface area contributed by atoms with E-state index in [1.54, 1.807) is 13.8 Å². The zero-order valence-electron chi connectivity index (χ0n) is 13.8. The second-order valence-electron chi connectivity index (χ2n) is 5.91. The summed E-state index contributed by atoms with van der Waals surface area (Å²) in [6, 6.07) is 0. The minimum absolute atomic E-state index is 0.123. The third-order valence-electron chi connectivity index (χ3n) is 4.43. The van der Waals surface area contributed by atoms with Gasteiger partial charge in [0.25, 0.3) is 0 Å². The van der Waals surface area contributed by atoms with E-state index in [0.29, 0.717) is 13.2 Å². The van der Waals surface area contributed by atoms with E-state index in [-0.39, 0.29) is 12.1 Å². The van der Waals surface area contributed by atoms with Crippen LogP contribution in [-0.4, -0.2) is 31.4 Å². The number of rotatable bonds is 8. The molecule has 1 saturated heterocycles. The number of hydrogen-bond donors (Lipinski definition) is 0. The van der Waals surface area contributed by atoms with Gasteiger partial charge in [0.15, 0.2) is 0 Å². The molecule has 0 aromatic rings. The maximum absolute atomic E-state index is 12.7. The van der Waals surface area contributed by atoms with Crippen LogP contribution in [0.1, 0.15) is 52.9 Å². The van der Waals surface area contributed by atoms with Crippen molar-refractivity contribution in [2.24, 2.45) is 5.41 Å². The van der Waals surface area contributed by atoms with E-state index in [0.717, 1.165) is 37.7 Å². The maximum Gasteiger partial charge on any atom is 0.334 e. The van der Waals surface area contributed by atoms with Gasteiger partial charge in [-0.25, -0.2) is 0 Å². The molecule has 0 aromatic heterocycles. The van der Waals surface area contributed by atoms with Gasteiger partial charge >= 0.3 is 13.6 Å². The molecule has 1 fully saturated rings. The highest BCUT2D eigenvalue weighted by Gasteiger charge is 2.54. The molecule has 1 aliphatic heterocycles. The molecule has 1 aliphatic carbocycles. The number of allylic oxidation sites excluding steroid dienone is 1. The number of carbonyl (C=O) groups is 1. The fraction of sp³-hybridized carbons (Fsp3) is 0.812. The van der Waals surface area contributed by atoms with Crippen molar-refractivity contribution < 1.29 is 23.1 Å². The minimum atomic E-state index is -3.23. The molecule has 2 aliphatic rings. The van der Waals surface area contributed by atoms with Crippen LogP contribution >= 0.6 is 7.60 Å². The standard InChI is InChI=1S/C16H27O5P/c1-4-10-16-11-8-7-9-13(16)14(21-15(16)17)12-22(18,19-5-2)20-6-3/h9,14H,4-8,10-12H2,1-3H3/t14?,16-/m0/s1. The Morgan fingerprint density at radius 2 is 2.00 bits per heavy atom. The zero-order valence-corrected chi connectivity index (χ0v) is 14.7. The maximum atomic E-state index is 12.7. The summed E-state index contributed by atoms with van der Waals surface area (Å²) in [6.45, 7) is 6.28. The second kappa shape index (κ2) is 7.29. The Balaban J connectivity index is 2.24. The Kier molecular flexibility index (Phi) is 5.87. The number of fused-ring (bicyclic) bond motifs is 1. The smallest absolute Gasteiger partial charge is 0.334 e. The van der Waals surface area contributed by atoms with Gasteiger partial charge in [0, 0.05) is 0 Å². The first-order chi connectivity index (χ1) is 10.5. The van der Waals surface area contributed by atoms with Crippen molar-refractivity contribution in [3.63, 3.8) is 0 Å². The Bertz CT molecular complexity index is 477. The van der Waals surface area contributed by atoms with Crippen LogP contribution in [-0.2, 0) is 23.1 Å². The lowest BCUT2D eigenvalue weighted by atomic mass is 9.70. The van der Waals surface area contributed by atoms with Crippen LogP contribution in [0, 0.1) is 5.41 Å². The van der Waals surface area contributed by atoms with Crippen LogP contribution in [0.25, 0.3) is 0 Å². The van der Waals surface area contributed by atoms with Gasteiger partial charge in [-0.15, -0.1) is 0 Å². The summed E-state index contributed by atoms with van der Waals surface area (Å²) in [6.07, 6.45) is 6.25. The summed E-state index contributed by atoms with van der Waals surface area (Å²) in [5.74, 6) is -0.162. The first-order valence-electron chi connectivity index (χ1n) is 8.31. The first kappa shape index (κ1) is 17.7. The molecule has 2 atom stereocenters. The van der Waals surface area contributed by atoms with Gasteiger partial charge in [0.1, 0.15) is 6.10 Å². The molecular weight excluding hydrogens is 303 g/mol. The molecule has 2 rings (SSSR count). The van der Waals surface area contributed by atoms with E-state index >= 15 is 0 Å². The number of ether oxygens (including phenoxy) is 1. The monoisotopic (exact) mass is 330 g/mol. The normalized spacial score (nSPS) is 28.2. The highest BCUT2D eigenvalue weighted by atomic mass is 31.2. The molecule has 6 heteroatoms. The zero-order chi connectivity index (χ0) is 16.2. The van der Waals surface area contributed by atoms with Crippen molar-refractivity contribution in [2.75, 3.05) is 19.4 Å². The van der Waals surface area contributed by atoms with Crippen molar-refractivity contribution in [1.29, 1.82) is 0 Å². The number of cyclic esters (lactones) is 1. The SMILES string of the molecule is CCC[C@]12CCCC=C1C(CP(=O)(OCC)OCC)OC2=O. The van der Waals surface area contributed by atoms with Crippen LogP contribution in [0.3, 0.4) is 0 Å². The summed E-state index contributed by atoms with van der Waals surface area (Å²) in [5.41, 5.74) is 0.506. The van der Waals surface area contributed by atoms with Gasteiger partial charge in [-0.2, -0.15) is 0 Å². The van der Waals surface area contributed by atoms with E-state index < -0.39 is 19.1 Å². The van der Waals surface area contributed by atoms with Crippen LogP contribution in [0.2, 0.25) is 0 Å². The van der Waals surface area contributed by atoms with Crippen molar-refractivity contribution in [3.05, 3.63) is 11.6 Å². The Morgan fingerprint density at radius 3 is 2.59 bits per heavy atom. The highest BCUT2D eigenvalue weighted by Crippen LogP contribution is 2.55. The predicted molar refractivity (Wildman–Crippen MR) is 84.9 cm³/mol. The fourth-order valence-corrected chi connectivity index (χ4v) is 5.39. The largest absolute Gasteiger partial charge is 0.456 e. The lowest BCUT2D eigenvalue weighted by molar-refractivity contribution is -0.149. The Labute approximate surface area is 132 Å². The van der Waals surface area contributed by atoms with Crippen LogP contribution in [0.4, 0.5) is 0 Å². The molecule has 0 saturated carbocycles. The van der Waals surface area contributed by atoms with E-state index in [1.165, 1.54) is 0 Å². The minimum Gasteiger partial charge on any atom is -0.456 e. The van der Waals surface area contributed by atoms with E-state index in [9.17, 15) is 9.36 Å². The summed E-state index contributed by atoms with van der Waals surface area (Å²) < 4.78 is 29.1. The van der Waals surface area contributed by atoms with Gasteiger partial charge in [-0.05, 0) is 45.1 Å². The third kappa shape index (κ3) is 3.32. The summed E-state index contributed by atoms with van der Waals surface area (Å²) in [7, 11) is -3.23. The molecule has 5 nitrogen and oxygen atoms in total. The van der Waals surface area contributed by atoms with Crippen molar-refractivity contribution in [1.82, 2.24) is 0 Å².